The van der Waals surface area contributed by atoms with Crippen molar-refractivity contribution in [2.24, 2.45) is 0 Å². The Morgan fingerprint density at radius 2 is 2.14 bits per heavy atom. The Bertz CT molecular complexity index is 85.2. The van der Waals surface area contributed by atoms with Crippen LogP contribution in [0.3, 0.4) is 0 Å². The third kappa shape index (κ3) is 6.05. The molecule has 0 spiro atoms. The van der Waals surface area contributed by atoms with Crippen molar-refractivity contribution in [1.29, 1.82) is 0 Å². The summed E-state index contributed by atoms with van der Waals surface area (Å²) in [6.45, 7) is 4.54. The number of terminal acetylenes is 1. The van der Waals surface area contributed by atoms with Gasteiger partial charge in [-0.2, -0.15) is 0 Å². The monoisotopic (exact) mass is 114 g/mol. The third-order valence-electron chi connectivity index (χ3n) is 0.632. The van der Waals surface area contributed by atoms with Crippen molar-refractivity contribution in [3.05, 3.63) is 0 Å². The van der Waals surface area contributed by atoms with E-state index in [0.717, 1.165) is 6.16 Å². The maximum absolute atomic E-state index is 5.10. The summed E-state index contributed by atoms with van der Waals surface area (Å²) in [4.78, 5) is 0. The molecule has 0 aliphatic carbocycles. The van der Waals surface area contributed by atoms with Gasteiger partial charge in [0.2, 0.25) is 0 Å². The van der Waals surface area contributed by atoms with E-state index in [2.05, 4.69) is 26.8 Å². The summed E-state index contributed by atoms with van der Waals surface area (Å²) in [5, 5.41) is 0. The van der Waals surface area contributed by atoms with Crippen LogP contribution >= 0.6 is 7.14 Å². The second-order valence-electron chi connectivity index (χ2n) is 2.94. The molecule has 0 N–H and O–H groups in total. The van der Waals surface area contributed by atoms with Crippen LogP contribution in [-0.2, 0) is 0 Å². The fourth-order valence-electron chi connectivity index (χ4n) is 0.306. The van der Waals surface area contributed by atoms with Crippen molar-refractivity contribution in [3.63, 3.8) is 0 Å². The van der Waals surface area contributed by atoms with Gasteiger partial charge in [0, 0.05) is 0 Å². The molecule has 0 amide bonds. The van der Waals surface area contributed by atoms with Crippen molar-refractivity contribution in [3.8, 4) is 12.3 Å². The molecular formula is C5H12BP. The van der Waals surface area contributed by atoms with Gasteiger partial charge in [-0.15, -0.1) is 0 Å². The summed E-state index contributed by atoms with van der Waals surface area (Å²) >= 11 is 0. The fourth-order valence-corrected chi connectivity index (χ4v) is 0.919. The van der Waals surface area contributed by atoms with E-state index >= 15 is 0 Å². The zero-order chi connectivity index (χ0) is 5.91. The standard InChI is InChI=1S/C5H12BP/c1-4-5-7(2,3)6/h1,7H,5-6H2,2-3H3. The molecule has 0 radical (unpaired) electrons. The Kier molecular flexibility index (Phi) is 2.40. The zero-order valence-corrected chi connectivity index (χ0v) is 6.28. The normalized spacial score (nSPS) is 12.7. The van der Waals surface area contributed by atoms with Gasteiger partial charge in [0.15, 0.2) is 0 Å². The SMILES string of the molecule is B[PH](C)(C)CC#C. The van der Waals surface area contributed by atoms with Gasteiger partial charge in [0.1, 0.15) is 0 Å². The second-order valence-corrected chi connectivity index (χ2v) is 8.42. The van der Waals surface area contributed by atoms with Gasteiger partial charge in [-0.05, 0) is 0 Å². The molecular weight excluding hydrogens is 102 g/mol. The Morgan fingerprint density at radius 3 is 2.14 bits per heavy atom. The van der Waals surface area contributed by atoms with Crippen LogP contribution in [0.4, 0.5) is 0 Å². The van der Waals surface area contributed by atoms with Crippen LogP contribution in [0.25, 0.3) is 0 Å². The van der Waals surface area contributed by atoms with Gasteiger partial charge >= 0.3 is 46.5 Å². The molecule has 0 aliphatic heterocycles. The Morgan fingerprint density at radius 1 is 1.71 bits per heavy atom. The van der Waals surface area contributed by atoms with E-state index in [1.165, 1.54) is 0 Å². The van der Waals surface area contributed by atoms with E-state index < -0.39 is 7.14 Å². The first-order valence-corrected chi connectivity index (χ1v) is 6.20. The third-order valence-corrected chi connectivity index (χ3v) is 1.90. The Labute approximate surface area is 47.4 Å². The molecule has 0 heterocycles. The van der Waals surface area contributed by atoms with Crippen LogP contribution in [0, 0.1) is 12.3 Å². The average Bonchev–Trinajstić information content (AvgIpc) is 1.30. The molecule has 2 heteroatoms. The molecule has 40 valence electrons. The van der Waals surface area contributed by atoms with Gasteiger partial charge in [0.05, 0.1) is 0 Å². The molecule has 0 rings (SSSR count). The van der Waals surface area contributed by atoms with E-state index in [4.69, 9.17) is 6.42 Å². The molecule has 0 fully saturated rings. The first kappa shape index (κ1) is 7.05. The van der Waals surface area contributed by atoms with Crippen LogP contribution in [0.1, 0.15) is 0 Å². The summed E-state index contributed by atoms with van der Waals surface area (Å²) in [5.41, 5.74) is 0. The van der Waals surface area contributed by atoms with E-state index in [9.17, 15) is 0 Å². The van der Waals surface area contributed by atoms with Crippen molar-refractivity contribution in [2.75, 3.05) is 19.5 Å². The van der Waals surface area contributed by atoms with Crippen molar-refractivity contribution >= 4 is 14.7 Å². The van der Waals surface area contributed by atoms with Gasteiger partial charge < -0.3 is 0 Å². The van der Waals surface area contributed by atoms with Crippen molar-refractivity contribution in [1.82, 2.24) is 0 Å². The Balaban J connectivity index is 3.40. The van der Waals surface area contributed by atoms with Gasteiger partial charge in [-0.25, -0.2) is 0 Å². The van der Waals surface area contributed by atoms with E-state index in [1.807, 2.05) is 0 Å². The van der Waals surface area contributed by atoms with Crippen molar-refractivity contribution in [2.45, 2.75) is 0 Å². The van der Waals surface area contributed by atoms with E-state index in [1.54, 1.807) is 0 Å². The first-order chi connectivity index (χ1) is 3.06. The summed E-state index contributed by atoms with van der Waals surface area (Å²) in [5.74, 6) is 2.67. The summed E-state index contributed by atoms with van der Waals surface area (Å²) in [7, 11) is 1.38. The van der Waals surface area contributed by atoms with Crippen LogP contribution in [0.2, 0.25) is 0 Å². The maximum atomic E-state index is 5.10. The minimum absolute atomic E-state index is 0.893. The number of hydrogen-bond acceptors (Lipinski definition) is 0. The van der Waals surface area contributed by atoms with E-state index in [0.29, 0.717) is 0 Å². The van der Waals surface area contributed by atoms with Gasteiger partial charge in [-0.1, -0.05) is 0 Å². The molecule has 7 heavy (non-hydrogen) atoms. The molecule has 0 atom stereocenters. The van der Waals surface area contributed by atoms with Crippen molar-refractivity contribution < 1.29 is 0 Å². The average molecular weight is 114 g/mol. The summed E-state index contributed by atoms with van der Waals surface area (Å²) in [6.07, 6.45) is 6.11. The molecule has 0 nitrogen and oxygen atoms in total. The van der Waals surface area contributed by atoms with Gasteiger partial charge in [0.25, 0.3) is 0 Å². The number of hydrogen-bond donors (Lipinski definition) is 0. The molecule has 0 aromatic carbocycles. The summed E-state index contributed by atoms with van der Waals surface area (Å²) in [6, 6.07) is 0. The predicted octanol–water partition coefficient (Wildman–Crippen LogP) is 0.177. The fraction of sp³-hybridized carbons (Fsp3) is 0.600. The minimum atomic E-state index is -0.893. The quantitative estimate of drug-likeness (QED) is 0.259. The van der Waals surface area contributed by atoms with E-state index in [-0.39, 0.29) is 0 Å². The van der Waals surface area contributed by atoms with Gasteiger partial charge in [-0.3, -0.25) is 0 Å². The second kappa shape index (κ2) is 2.38. The van der Waals surface area contributed by atoms with Crippen LogP contribution < -0.4 is 0 Å². The summed E-state index contributed by atoms with van der Waals surface area (Å²) < 4.78 is 0. The Hall–Kier alpha value is 0.0549. The molecule has 0 aromatic rings. The molecule has 0 saturated carbocycles. The molecule has 0 saturated heterocycles. The molecule has 0 bridgehead atoms. The number of rotatable bonds is 1. The predicted molar refractivity (Wildman–Crippen MR) is 42.4 cm³/mol. The van der Waals surface area contributed by atoms with Crippen LogP contribution in [0.15, 0.2) is 0 Å². The molecule has 0 aromatic heterocycles. The van der Waals surface area contributed by atoms with Crippen LogP contribution in [-0.4, -0.2) is 27.1 Å². The molecule has 0 aliphatic rings. The topological polar surface area (TPSA) is 0 Å². The van der Waals surface area contributed by atoms with Crippen LogP contribution in [0.5, 0.6) is 0 Å². The first-order valence-electron chi connectivity index (χ1n) is 2.50. The zero-order valence-electron chi connectivity index (χ0n) is 5.28. The molecule has 0 unspecified atom stereocenters.